The second kappa shape index (κ2) is 6.74. The summed E-state index contributed by atoms with van der Waals surface area (Å²) in [5, 5.41) is 10.8. The third-order valence-electron chi connectivity index (χ3n) is 3.73. The zero-order chi connectivity index (χ0) is 17.2. The number of carbonyl (C=O) groups is 1. The predicted molar refractivity (Wildman–Crippen MR) is 102 cm³/mol. The standard InChI is InChI=1S/C19H14N2O2S2/c1-2-23-19(22)18-16(12-7-4-3-5-8-12)17-15(25-18)11-13(20-21-17)14-9-6-10-24-14/h3-11H,2H2,1H3. The number of benzene rings is 1. The lowest BCUT2D eigenvalue weighted by Gasteiger charge is -2.04. The van der Waals surface area contributed by atoms with E-state index in [1.54, 1.807) is 11.3 Å². The van der Waals surface area contributed by atoms with Gasteiger partial charge in [0, 0.05) is 5.56 Å². The van der Waals surface area contributed by atoms with Gasteiger partial charge in [-0.25, -0.2) is 4.79 Å². The van der Waals surface area contributed by atoms with Gasteiger partial charge in [0.25, 0.3) is 0 Å². The number of rotatable bonds is 4. The minimum atomic E-state index is -0.318. The quantitative estimate of drug-likeness (QED) is 0.462. The Morgan fingerprint density at radius 1 is 1.12 bits per heavy atom. The van der Waals surface area contributed by atoms with Crippen LogP contribution in [-0.2, 0) is 4.74 Å². The van der Waals surface area contributed by atoms with E-state index in [-0.39, 0.29) is 5.97 Å². The molecule has 0 fully saturated rings. The van der Waals surface area contributed by atoms with Gasteiger partial charge in [0.15, 0.2) is 0 Å². The second-order valence-corrected chi connectivity index (χ2v) is 7.31. The van der Waals surface area contributed by atoms with Crippen LogP contribution in [0.4, 0.5) is 0 Å². The number of ether oxygens (including phenoxy) is 1. The van der Waals surface area contributed by atoms with Crippen LogP contribution < -0.4 is 0 Å². The van der Waals surface area contributed by atoms with E-state index in [9.17, 15) is 4.79 Å². The van der Waals surface area contributed by atoms with E-state index in [4.69, 9.17) is 4.74 Å². The first kappa shape index (κ1) is 15.9. The third-order valence-corrected chi connectivity index (χ3v) is 5.73. The van der Waals surface area contributed by atoms with Crippen LogP contribution in [0.25, 0.3) is 31.9 Å². The van der Waals surface area contributed by atoms with Gasteiger partial charge in [0.1, 0.15) is 16.1 Å². The van der Waals surface area contributed by atoms with Gasteiger partial charge in [-0.2, -0.15) is 0 Å². The van der Waals surface area contributed by atoms with Crippen LogP contribution in [0.3, 0.4) is 0 Å². The van der Waals surface area contributed by atoms with Crippen molar-refractivity contribution in [3.63, 3.8) is 0 Å². The fourth-order valence-corrected chi connectivity index (χ4v) is 4.42. The van der Waals surface area contributed by atoms with Gasteiger partial charge in [-0.3, -0.25) is 0 Å². The molecule has 0 spiro atoms. The number of thiophene rings is 2. The molecule has 0 bridgehead atoms. The highest BCUT2D eigenvalue weighted by atomic mass is 32.1. The summed E-state index contributed by atoms with van der Waals surface area (Å²) in [5.74, 6) is -0.318. The van der Waals surface area contributed by atoms with E-state index in [0.29, 0.717) is 11.5 Å². The molecule has 0 unspecified atom stereocenters. The highest BCUT2D eigenvalue weighted by molar-refractivity contribution is 7.21. The lowest BCUT2D eigenvalue weighted by atomic mass is 10.1. The molecule has 6 heteroatoms. The van der Waals surface area contributed by atoms with Crippen molar-refractivity contribution in [1.82, 2.24) is 10.2 Å². The molecule has 0 radical (unpaired) electrons. The third kappa shape index (κ3) is 2.94. The molecule has 0 saturated carbocycles. The Balaban J connectivity index is 1.93. The van der Waals surface area contributed by atoms with E-state index in [0.717, 1.165) is 31.9 Å². The van der Waals surface area contributed by atoms with Crippen LogP contribution in [0, 0.1) is 0 Å². The van der Waals surface area contributed by atoms with Crippen molar-refractivity contribution in [2.75, 3.05) is 6.61 Å². The van der Waals surface area contributed by atoms with E-state index >= 15 is 0 Å². The zero-order valence-corrected chi connectivity index (χ0v) is 15.1. The maximum atomic E-state index is 12.5. The molecule has 0 aliphatic rings. The SMILES string of the molecule is CCOC(=O)c1sc2cc(-c3cccs3)nnc2c1-c1ccccc1. The molecule has 4 rings (SSSR count). The summed E-state index contributed by atoms with van der Waals surface area (Å²) in [6, 6.07) is 15.8. The van der Waals surface area contributed by atoms with E-state index in [1.165, 1.54) is 11.3 Å². The first-order chi connectivity index (χ1) is 12.3. The number of hydrogen-bond donors (Lipinski definition) is 0. The minimum Gasteiger partial charge on any atom is -0.462 e. The number of aromatic nitrogens is 2. The van der Waals surface area contributed by atoms with Crippen molar-refractivity contribution in [3.05, 3.63) is 58.8 Å². The van der Waals surface area contributed by atoms with Crippen LogP contribution in [0.15, 0.2) is 53.9 Å². The molecular weight excluding hydrogens is 352 g/mol. The summed E-state index contributed by atoms with van der Waals surface area (Å²) in [4.78, 5) is 14.1. The highest BCUT2D eigenvalue weighted by Gasteiger charge is 2.22. The molecule has 0 N–H and O–H groups in total. The van der Waals surface area contributed by atoms with E-state index < -0.39 is 0 Å². The van der Waals surface area contributed by atoms with E-state index in [1.807, 2.05) is 60.8 Å². The normalized spacial score (nSPS) is 10.9. The van der Waals surface area contributed by atoms with Gasteiger partial charge in [-0.1, -0.05) is 36.4 Å². The van der Waals surface area contributed by atoms with Crippen LogP contribution in [0.5, 0.6) is 0 Å². The highest BCUT2D eigenvalue weighted by Crippen LogP contribution is 2.39. The first-order valence-electron chi connectivity index (χ1n) is 7.84. The van der Waals surface area contributed by atoms with Crippen LogP contribution in [0.2, 0.25) is 0 Å². The van der Waals surface area contributed by atoms with Gasteiger partial charge in [0.05, 0.1) is 16.2 Å². The molecule has 0 aliphatic heterocycles. The van der Waals surface area contributed by atoms with Crippen LogP contribution >= 0.6 is 22.7 Å². The molecule has 124 valence electrons. The van der Waals surface area contributed by atoms with E-state index in [2.05, 4.69) is 10.2 Å². The van der Waals surface area contributed by atoms with Gasteiger partial charge >= 0.3 is 5.97 Å². The lowest BCUT2D eigenvalue weighted by Crippen LogP contribution is -2.03. The molecule has 1 aromatic carbocycles. The summed E-state index contributed by atoms with van der Waals surface area (Å²) < 4.78 is 6.18. The molecule has 0 amide bonds. The monoisotopic (exact) mass is 366 g/mol. The summed E-state index contributed by atoms with van der Waals surface area (Å²) in [6.07, 6.45) is 0. The van der Waals surface area contributed by atoms with Crippen LogP contribution in [0.1, 0.15) is 16.6 Å². The Morgan fingerprint density at radius 2 is 1.96 bits per heavy atom. The lowest BCUT2D eigenvalue weighted by molar-refractivity contribution is 0.0533. The Kier molecular flexibility index (Phi) is 4.29. The van der Waals surface area contributed by atoms with Crippen molar-refractivity contribution >= 4 is 38.9 Å². The number of carbonyl (C=O) groups excluding carboxylic acids is 1. The maximum Gasteiger partial charge on any atom is 0.349 e. The van der Waals surface area contributed by atoms with Crippen molar-refractivity contribution in [2.45, 2.75) is 6.92 Å². The average Bonchev–Trinajstić information content (AvgIpc) is 3.30. The van der Waals surface area contributed by atoms with Crippen molar-refractivity contribution in [2.24, 2.45) is 0 Å². The van der Waals surface area contributed by atoms with Gasteiger partial charge < -0.3 is 4.74 Å². The Labute approximate surface area is 152 Å². The molecule has 4 nitrogen and oxygen atoms in total. The van der Waals surface area contributed by atoms with Crippen molar-refractivity contribution in [1.29, 1.82) is 0 Å². The van der Waals surface area contributed by atoms with Crippen molar-refractivity contribution in [3.8, 4) is 21.7 Å². The maximum absolute atomic E-state index is 12.5. The Morgan fingerprint density at radius 3 is 2.68 bits per heavy atom. The van der Waals surface area contributed by atoms with Crippen LogP contribution in [-0.4, -0.2) is 22.8 Å². The predicted octanol–water partition coefficient (Wildman–Crippen LogP) is 5.26. The molecule has 0 atom stereocenters. The Bertz CT molecular complexity index is 1020. The molecular formula is C19H14N2O2S2. The molecule has 3 heterocycles. The molecule has 4 aromatic rings. The summed E-state index contributed by atoms with van der Waals surface area (Å²) in [5.41, 5.74) is 3.29. The molecule has 25 heavy (non-hydrogen) atoms. The van der Waals surface area contributed by atoms with Gasteiger partial charge in [0.2, 0.25) is 0 Å². The summed E-state index contributed by atoms with van der Waals surface area (Å²) in [6.45, 7) is 2.15. The average molecular weight is 366 g/mol. The van der Waals surface area contributed by atoms with Gasteiger partial charge in [-0.05, 0) is 30.0 Å². The zero-order valence-electron chi connectivity index (χ0n) is 13.4. The Hall–Kier alpha value is -2.57. The smallest absolute Gasteiger partial charge is 0.349 e. The van der Waals surface area contributed by atoms with Gasteiger partial charge in [-0.15, -0.1) is 32.9 Å². The number of nitrogens with zero attached hydrogens (tertiary/aromatic N) is 2. The number of esters is 1. The number of hydrogen-bond acceptors (Lipinski definition) is 6. The second-order valence-electron chi connectivity index (χ2n) is 5.31. The summed E-state index contributed by atoms with van der Waals surface area (Å²) in [7, 11) is 0. The molecule has 0 saturated heterocycles. The summed E-state index contributed by atoms with van der Waals surface area (Å²) >= 11 is 3.02. The first-order valence-corrected chi connectivity index (χ1v) is 9.54. The molecule has 0 aliphatic carbocycles. The fourth-order valence-electron chi connectivity index (χ4n) is 2.65. The minimum absolute atomic E-state index is 0.318. The molecule has 3 aromatic heterocycles. The number of fused-ring (bicyclic) bond motifs is 1. The largest absolute Gasteiger partial charge is 0.462 e. The fraction of sp³-hybridized carbons (Fsp3) is 0.105. The topological polar surface area (TPSA) is 52.1 Å². The van der Waals surface area contributed by atoms with Crippen molar-refractivity contribution < 1.29 is 9.53 Å².